The lowest BCUT2D eigenvalue weighted by molar-refractivity contribution is -0.165. The first-order chi connectivity index (χ1) is 18.8. The fourth-order valence-electron chi connectivity index (χ4n) is 4.86. The largest absolute Gasteiger partial charge is 0.443 e. The van der Waals surface area contributed by atoms with E-state index >= 15 is 0 Å². The molecule has 4 rings (SSSR count). The molecule has 39 heavy (non-hydrogen) atoms. The van der Waals surface area contributed by atoms with E-state index in [1.165, 1.54) is 4.90 Å². The van der Waals surface area contributed by atoms with Crippen LogP contribution >= 0.6 is 0 Å². The number of carbonyl (C=O) groups is 5. The number of urea groups is 1. The second-order valence-electron chi connectivity index (χ2n) is 9.53. The second-order valence-corrected chi connectivity index (χ2v) is 9.53. The zero-order valence-electron chi connectivity index (χ0n) is 21.9. The molecule has 3 aliphatic heterocycles. The molecule has 1 aromatic carbocycles. The van der Waals surface area contributed by atoms with Gasteiger partial charge in [-0.2, -0.15) is 0 Å². The second kappa shape index (κ2) is 12.5. The Morgan fingerprint density at radius 3 is 2.77 bits per heavy atom. The molecule has 2 fully saturated rings. The smallest absolute Gasteiger partial charge is 0.324 e. The number of nitrogens with one attached hydrogen (secondary N) is 3. The molecular weight excluding hydrogens is 502 g/mol. The number of fused-ring (bicyclic) bond motifs is 1. The molecule has 0 aliphatic carbocycles. The fourth-order valence-corrected chi connectivity index (χ4v) is 4.86. The Kier molecular flexibility index (Phi) is 8.92. The molecule has 2 saturated heterocycles. The summed E-state index contributed by atoms with van der Waals surface area (Å²) in [7, 11) is 0. The third kappa shape index (κ3) is 6.43. The molecule has 0 spiro atoms. The Morgan fingerprint density at radius 2 is 2.05 bits per heavy atom. The number of imide groups is 1. The van der Waals surface area contributed by atoms with Gasteiger partial charge in [-0.15, -0.1) is 0 Å². The van der Waals surface area contributed by atoms with Crippen molar-refractivity contribution in [2.24, 2.45) is 0 Å². The normalized spacial score (nSPS) is 21.4. The number of likely N-dealkylation sites (tertiary alicyclic amines) is 1. The number of amides is 5. The topological polar surface area (TPSA) is 137 Å². The molecule has 11 nitrogen and oxygen atoms in total. The number of rotatable bonds is 9. The molecular formula is C28H33N5O6. The maximum atomic E-state index is 13.2. The molecule has 0 radical (unpaired) electrons. The molecule has 0 aromatic heterocycles. The average Bonchev–Trinajstić information content (AvgIpc) is 3.58. The highest BCUT2D eigenvalue weighted by atomic mass is 16.5. The van der Waals surface area contributed by atoms with E-state index in [1.807, 2.05) is 6.07 Å². The summed E-state index contributed by atoms with van der Waals surface area (Å²) in [6.07, 6.45) is 8.58. The average molecular weight is 536 g/mol. The minimum absolute atomic E-state index is 0.0657. The van der Waals surface area contributed by atoms with Gasteiger partial charge in [0, 0.05) is 30.8 Å². The third-order valence-corrected chi connectivity index (χ3v) is 6.98. The van der Waals surface area contributed by atoms with Crippen LogP contribution in [0.3, 0.4) is 0 Å². The maximum absolute atomic E-state index is 13.2. The van der Waals surface area contributed by atoms with Crippen LogP contribution in [0.5, 0.6) is 0 Å². The molecule has 3 aliphatic rings. The van der Waals surface area contributed by atoms with Crippen molar-refractivity contribution in [3.05, 3.63) is 71.5 Å². The summed E-state index contributed by atoms with van der Waals surface area (Å²) in [5, 5.41) is 8.54. The quantitative estimate of drug-likeness (QED) is 0.249. The van der Waals surface area contributed by atoms with Gasteiger partial charge in [0.15, 0.2) is 6.73 Å². The monoisotopic (exact) mass is 535 g/mol. The van der Waals surface area contributed by atoms with Crippen molar-refractivity contribution in [2.45, 2.75) is 57.8 Å². The summed E-state index contributed by atoms with van der Waals surface area (Å²) < 4.78 is 5.25. The minimum atomic E-state index is -0.832. The van der Waals surface area contributed by atoms with E-state index in [-0.39, 0.29) is 37.9 Å². The predicted octanol–water partition coefficient (Wildman–Crippen LogP) is 1.86. The van der Waals surface area contributed by atoms with Crippen LogP contribution in [0.2, 0.25) is 0 Å². The number of hydrogen-bond acceptors (Lipinski definition) is 7. The first-order valence-corrected chi connectivity index (χ1v) is 13.0. The summed E-state index contributed by atoms with van der Waals surface area (Å²) >= 11 is 0. The van der Waals surface area contributed by atoms with E-state index in [0.717, 1.165) is 29.0 Å². The molecule has 2 unspecified atom stereocenters. The number of nitrogens with zero attached hydrogens (tertiary/aromatic N) is 2. The fraction of sp³-hybridized carbons (Fsp3) is 0.393. The highest BCUT2D eigenvalue weighted by molar-refractivity contribution is 6.05. The number of allylic oxidation sites excluding steroid dienone is 4. The molecule has 2 atom stereocenters. The van der Waals surface area contributed by atoms with E-state index in [0.29, 0.717) is 17.7 Å². The van der Waals surface area contributed by atoms with Crippen LogP contribution in [-0.4, -0.2) is 64.9 Å². The van der Waals surface area contributed by atoms with Gasteiger partial charge in [-0.25, -0.2) is 9.69 Å². The summed E-state index contributed by atoms with van der Waals surface area (Å²) in [5.74, 6) is -1.78. The van der Waals surface area contributed by atoms with E-state index in [2.05, 4.69) is 22.5 Å². The zero-order valence-corrected chi connectivity index (χ0v) is 21.9. The Balaban J connectivity index is 1.36. The third-order valence-electron chi connectivity index (χ3n) is 6.98. The van der Waals surface area contributed by atoms with Crippen molar-refractivity contribution in [3.8, 4) is 0 Å². The highest BCUT2D eigenvalue weighted by Gasteiger charge is 2.43. The van der Waals surface area contributed by atoms with Crippen LogP contribution in [-0.2, 0) is 32.2 Å². The van der Waals surface area contributed by atoms with Gasteiger partial charge >= 0.3 is 12.0 Å². The van der Waals surface area contributed by atoms with Crippen LogP contribution in [0.15, 0.2) is 54.8 Å². The zero-order chi connectivity index (χ0) is 27.9. The Labute approximate surface area is 226 Å². The molecule has 0 bridgehead atoms. The maximum Gasteiger partial charge on any atom is 0.324 e. The van der Waals surface area contributed by atoms with Crippen LogP contribution in [0, 0.1) is 0 Å². The van der Waals surface area contributed by atoms with E-state index in [4.69, 9.17) is 4.74 Å². The summed E-state index contributed by atoms with van der Waals surface area (Å²) in [6, 6.07) is 3.62. The Bertz CT molecular complexity index is 1230. The van der Waals surface area contributed by atoms with Crippen LogP contribution in [0.25, 0.3) is 0 Å². The van der Waals surface area contributed by atoms with Gasteiger partial charge in [-0.1, -0.05) is 36.9 Å². The molecule has 3 N–H and O–H groups in total. The summed E-state index contributed by atoms with van der Waals surface area (Å²) in [4.78, 5) is 65.7. The standard InChI is InChI=1S/C28H33N5O6/c1-3-5-7-20(4-2)31-28(38)30-15-18-9-10-21-19(14-18)16-32(25(21)35)23-11-12-24(34)33(26(23)36)17-39-27(37)22-8-6-13-29-22/h3-5,7,9-10,14,22-23,29H,1,6,8,11-13,15-17H2,2H3,(H2,30,31,38)/b7-5-,20-4+. The predicted molar refractivity (Wildman–Crippen MR) is 142 cm³/mol. The van der Waals surface area contributed by atoms with Crippen molar-refractivity contribution >= 4 is 29.7 Å². The van der Waals surface area contributed by atoms with E-state index in [1.54, 1.807) is 43.4 Å². The number of benzene rings is 1. The van der Waals surface area contributed by atoms with Crippen molar-refractivity contribution in [1.82, 2.24) is 25.8 Å². The minimum Gasteiger partial charge on any atom is -0.443 e. The number of carbonyl (C=O) groups excluding carboxylic acids is 5. The van der Waals surface area contributed by atoms with Crippen molar-refractivity contribution in [2.75, 3.05) is 13.3 Å². The first-order valence-electron chi connectivity index (χ1n) is 13.0. The number of esters is 1. The van der Waals surface area contributed by atoms with E-state index < -0.39 is 36.6 Å². The summed E-state index contributed by atoms with van der Waals surface area (Å²) in [6.45, 7) is 6.11. The van der Waals surface area contributed by atoms with Crippen molar-refractivity contribution < 1.29 is 28.7 Å². The van der Waals surface area contributed by atoms with E-state index in [9.17, 15) is 24.0 Å². The van der Waals surface area contributed by atoms with Crippen LogP contribution in [0.1, 0.15) is 54.1 Å². The molecule has 11 heteroatoms. The lowest BCUT2D eigenvalue weighted by Crippen LogP contribution is -2.55. The van der Waals surface area contributed by atoms with Crippen molar-refractivity contribution in [1.29, 1.82) is 0 Å². The van der Waals surface area contributed by atoms with Gasteiger partial charge in [0.25, 0.3) is 11.8 Å². The first kappa shape index (κ1) is 27.8. The SMILES string of the molecule is C=C/C=C\C(=C/C)NC(=O)NCc1ccc2c(c1)CN(C1CCC(=O)N(COC(=O)C3CCCN3)C1=O)C2=O. The van der Waals surface area contributed by atoms with Gasteiger partial charge in [0.1, 0.15) is 12.1 Å². The van der Waals surface area contributed by atoms with Crippen molar-refractivity contribution in [3.63, 3.8) is 0 Å². The Hall–Kier alpha value is -4.25. The molecule has 0 saturated carbocycles. The molecule has 3 heterocycles. The van der Waals surface area contributed by atoms with Gasteiger partial charge in [0.05, 0.1) is 0 Å². The molecule has 1 aromatic rings. The number of hydrogen-bond donors (Lipinski definition) is 3. The Morgan fingerprint density at radius 1 is 1.23 bits per heavy atom. The number of ether oxygens (including phenoxy) is 1. The van der Waals surface area contributed by atoms with Crippen LogP contribution in [0.4, 0.5) is 4.79 Å². The highest BCUT2D eigenvalue weighted by Crippen LogP contribution is 2.30. The van der Waals surface area contributed by atoms with Gasteiger partial charge in [-0.3, -0.25) is 19.2 Å². The van der Waals surface area contributed by atoms with Gasteiger partial charge < -0.3 is 25.6 Å². The lowest BCUT2D eigenvalue weighted by atomic mass is 10.0. The van der Waals surface area contributed by atoms with Gasteiger partial charge in [-0.05, 0) is 56.0 Å². The lowest BCUT2D eigenvalue weighted by Gasteiger charge is -2.35. The number of piperidine rings is 1. The van der Waals surface area contributed by atoms with Crippen LogP contribution < -0.4 is 16.0 Å². The van der Waals surface area contributed by atoms with Gasteiger partial charge in [0.2, 0.25) is 5.91 Å². The summed E-state index contributed by atoms with van der Waals surface area (Å²) in [5.41, 5.74) is 2.63. The molecule has 206 valence electrons. The molecule has 5 amide bonds.